The minimum Gasteiger partial charge on any atom is -0.494 e. The van der Waals surface area contributed by atoms with Crippen molar-refractivity contribution in [3.05, 3.63) is 24.0 Å². The second-order valence-corrected chi connectivity index (χ2v) is 4.60. The molecule has 0 aliphatic rings. The summed E-state index contributed by atoms with van der Waals surface area (Å²) in [4.78, 5) is 10.8. The van der Waals surface area contributed by atoms with Crippen LogP contribution in [0.1, 0.15) is 13.3 Å². The molecule has 0 saturated carbocycles. The molecule has 21 heavy (non-hydrogen) atoms. The van der Waals surface area contributed by atoms with E-state index in [1.54, 1.807) is 13.0 Å². The molecular formula is C13H15FN4O3. The molecule has 0 bridgehead atoms. The van der Waals surface area contributed by atoms with Gasteiger partial charge in [-0.15, -0.1) is 5.10 Å². The van der Waals surface area contributed by atoms with Gasteiger partial charge < -0.3 is 9.84 Å². The van der Waals surface area contributed by atoms with E-state index in [9.17, 15) is 9.18 Å². The van der Waals surface area contributed by atoms with Crippen molar-refractivity contribution < 1.29 is 19.0 Å². The second kappa shape index (κ2) is 6.29. The molecule has 2 rings (SSSR count). The number of benzene rings is 1. The second-order valence-electron chi connectivity index (χ2n) is 4.60. The highest BCUT2D eigenvalue weighted by molar-refractivity contribution is 5.69. The van der Waals surface area contributed by atoms with Crippen molar-refractivity contribution in [2.24, 2.45) is 5.92 Å². The average Bonchev–Trinajstić information content (AvgIpc) is 2.93. The topological polar surface area (TPSA) is 90.1 Å². The molecule has 1 atom stereocenters. The molecule has 1 N–H and O–H groups in total. The number of aryl methyl sites for hydroxylation is 1. The maximum Gasteiger partial charge on any atom is 0.306 e. The number of tetrazole rings is 1. The summed E-state index contributed by atoms with van der Waals surface area (Å²) in [6, 6.07) is 4.31. The quantitative estimate of drug-likeness (QED) is 0.870. The lowest BCUT2D eigenvalue weighted by atomic mass is 10.1. The van der Waals surface area contributed by atoms with Crippen molar-refractivity contribution >= 4 is 5.97 Å². The Labute approximate surface area is 120 Å². The molecule has 0 fully saturated rings. The van der Waals surface area contributed by atoms with Gasteiger partial charge in [-0.1, -0.05) is 6.92 Å². The molecule has 112 valence electrons. The van der Waals surface area contributed by atoms with Gasteiger partial charge in [0.1, 0.15) is 0 Å². The molecule has 0 aliphatic heterocycles. The summed E-state index contributed by atoms with van der Waals surface area (Å²) in [6.45, 7) is 1.97. The van der Waals surface area contributed by atoms with Gasteiger partial charge in [0.05, 0.1) is 13.0 Å². The zero-order valence-electron chi connectivity index (χ0n) is 11.7. The number of hydrogen-bond donors (Lipinski definition) is 1. The molecule has 0 aliphatic carbocycles. The molecule has 7 nitrogen and oxygen atoms in total. The lowest BCUT2D eigenvalue weighted by molar-refractivity contribution is -0.141. The fourth-order valence-corrected chi connectivity index (χ4v) is 1.80. The number of aromatic nitrogens is 4. The van der Waals surface area contributed by atoms with E-state index in [0.29, 0.717) is 24.4 Å². The Morgan fingerprint density at radius 1 is 1.52 bits per heavy atom. The van der Waals surface area contributed by atoms with Crippen molar-refractivity contribution in [3.8, 4) is 17.1 Å². The van der Waals surface area contributed by atoms with Crippen LogP contribution in [0.5, 0.6) is 5.75 Å². The Hall–Kier alpha value is -2.51. The van der Waals surface area contributed by atoms with Crippen molar-refractivity contribution in [2.75, 3.05) is 7.11 Å². The highest BCUT2D eigenvalue weighted by atomic mass is 19.1. The van der Waals surface area contributed by atoms with E-state index in [-0.39, 0.29) is 5.75 Å². The minimum absolute atomic E-state index is 0.0981. The molecule has 1 heterocycles. The highest BCUT2D eigenvalue weighted by Crippen LogP contribution is 2.24. The third-order valence-corrected chi connectivity index (χ3v) is 3.14. The van der Waals surface area contributed by atoms with E-state index in [1.807, 2.05) is 0 Å². The van der Waals surface area contributed by atoms with E-state index in [2.05, 4.69) is 15.5 Å². The van der Waals surface area contributed by atoms with Crippen molar-refractivity contribution in [2.45, 2.75) is 19.9 Å². The fourth-order valence-electron chi connectivity index (χ4n) is 1.80. The fraction of sp³-hybridized carbons (Fsp3) is 0.385. The molecule has 0 saturated heterocycles. The summed E-state index contributed by atoms with van der Waals surface area (Å²) in [5.41, 5.74) is 0.598. The van der Waals surface area contributed by atoms with E-state index in [4.69, 9.17) is 9.84 Å². The minimum atomic E-state index is -0.868. The smallest absolute Gasteiger partial charge is 0.306 e. The molecule has 0 spiro atoms. The number of carbonyl (C=O) groups is 1. The summed E-state index contributed by atoms with van der Waals surface area (Å²) >= 11 is 0. The highest BCUT2D eigenvalue weighted by Gasteiger charge is 2.15. The van der Waals surface area contributed by atoms with Gasteiger partial charge in [0.15, 0.2) is 17.4 Å². The SMILES string of the molecule is COc1cc(-c2nnnn2CCC(C)C(=O)O)ccc1F. The number of carboxylic acids is 1. The van der Waals surface area contributed by atoms with Gasteiger partial charge in [-0.25, -0.2) is 9.07 Å². The molecule has 1 unspecified atom stereocenters. The summed E-state index contributed by atoms with van der Waals surface area (Å²) in [5.74, 6) is -1.30. The zero-order chi connectivity index (χ0) is 15.4. The molecule has 2 aromatic rings. The maximum atomic E-state index is 13.4. The number of carboxylic acid groups (broad SMARTS) is 1. The van der Waals surface area contributed by atoms with Crippen LogP contribution in [0.2, 0.25) is 0 Å². The molecule has 1 aromatic carbocycles. The van der Waals surface area contributed by atoms with E-state index < -0.39 is 17.7 Å². The van der Waals surface area contributed by atoms with Gasteiger partial charge in [0.2, 0.25) is 0 Å². The van der Waals surface area contributed by atoms with Crippen LogP contribution in [-0.2, 0) is 11.3 Å². The van der Waals surface area contributed by atoms with Crippen LogP contribution < -0.4 is 4.74 Å². The number of aliphatic carboxylic acids is 1. The van der Waals surface area contributed by atoms with Crippen LogP contribution in [0, 0.1) is 11.7 Å². The molecule has 0 radical (unpaired) electrons. The first-order chi connectivity index (χ1) is 10.0. The number of rotatable bonds is 6. The Morgan fingerprint density at radius 3 is 2.95 bits per heavy atom. The van der Waals surface area contributed by atoms with Gasteiger partial charge >= 0.3 is 5.97 Å². The standard InChI is InChI=1S/C13H15FN4O3/c1-8(13(19)20)5-6-18-12(15-16-17-18)9-3-4-10(14)11(7-9)21-2/h3-4,7-8H,5-6H2,1-2H3,(H,19,20). The predicted molar refractivity (Wildman–Crippen MR) is 71.2 cm³/mol. The summed E-state index contributed by atoms with van der Waals surface area (Å²) < 4.78 is 19.8. The largest absolute Gasteiger partial charge is 0.494 e. The van der Waals surface area contributed by atoms with Crippen LogP contribution in [0.25, 0.3) is 11.4 Å². The van der Waals surface area contributed by atoms with E-state index in [0.717, 1.165) is 0 Å². The van der Waals surface area contributed by atoms with Gasteiger partial charge in [-0.3, -0.25) is 4.79 Å². The van der Waals surface area contributed by atoms with E-state index in [1.165, 1.54) is 23.9 Å². The molecule has 8 heteroatoms. The summed E-state index contributed by atoms with van der Waals surface area (Å²) in [7, 11) is 1.37. The molecular weight excluding hydrogens is 279 g/mol. The normalized spacial score (nSPS) is 12.1. The monoisotopic (exact) mass is 294 g/mol. The first kappa shape index (κ1) is 14.9. The molecule has 1 aromatic heterocycles. The van der Waals surface area contributed by atoms with Crippen molar-refractivity contribution in [3.63, 3.8) is 0 Å². The Morgan fingerprint density at radius 2 is 2.29 bits per heavy atom. The predicted octanol–water partition coefficient (Wildman–Crippen LogP) is 1.60. The van der Waals surface area contributed by atoms with Gasteiger partial charge in [0.25, 0.3) is 0 Å². The van der Waals surface area contributed by atoms with E-state index >= 15 is 0 Å². The average molecular weight is 294 g/mol. The lowest BCUT2D eigenvalue weighted by Gasteiger charge is -2.08. The van der Waals surface area contributed by atoms with Gasteiger partial charge in [-0.2, -0.15) is 0 Å². The third kappa shape index (κ3) is 3.33. The molecule has 0 amide bonds. The summed E-state index contributed by atoms with van der Waals surface area (Å²) in [5, 5.41) is 20.2. The van der Waals surface area contributed by atoms with Crippen LogP contribution >= 0.6 is 0 Å². The van der Waals surface area contributed by atoms with Crippen LogP contribution in [0.4, 0.5) is 4.39 Å². The first-order valence-electron chi connectivity index (χ1n) is 6.35. The lowest BCUT2D eigenvalue weighted by Crippen LogP contribution is -2.14. The van der Waals surface area contributed by atoms with Crippen molar-refractivity contribution in [1.82, 2.24) is 20.2 Å². The zero-order valence-corrected chi connectivity index (χ0v) is 11.7. The van der Waals surface area contributed by atoms with Crippen LogP contribution in [-0.4, -0.2) is 38.4 Å². The number of nitrogens with zero attached hydrogens (tertiary/aromatic N) is 4. The first-order valence-corrected chi connectivity index (χ1v) is 6.35. The Bertz CT molecular complexity index is 644. The Balaban J connectivity index is 2.22. The van der Waals surface area contributed by atoms with Crippen LogP contribution in [0.15, 0.2) is 18.2 Å². The Kier molecular flexibility index (Phi) is 4.46. The van der Waals surface area contributed by atoms with Crippen molar-refractivity contribution in [1.29, 1.82) is 0 Å². The number of hydrogen-bond acceptors (Lipinski definition) is 5. The van der Waals surface area contributed by atoms with Gasteiger partial charge in [0, 0.05) is 12.1 Å². The third-order valence-electron chi connectivity index (χ3n) is 3.14. The maximum absolute atomic E-state index is 13.4. The number of methoxy groups -OCH3 is 1. The van der Waals surface area contributed by atoms with Crippen LogP contribution in [0.3, 0.4) is 0 Å². The van der Waals surface area contributed by atoms with Gasteiger partial charge in [-0.05, 0) is 35.0 Å². The number of ether oxygens (including phenoxy) is 1. The number of halogens is 1. The summed E-state index contributed by atoms with van der Waals surface area (Å²) in [6.07, 6.45) is 0.395.